The maximum Gasteiger partial charge on any atom is 0.251 e. The van der Waals surface area contributed by atoms with Crippen molar-refractivity contribution in [3.63, 3.8) is 0 Å². The molecule has 1 aromatic carbocycles. The summed E-state index contributed by atoms with van der Waals surface area (Å²) >= 11 is 2.20. The van der Waals surface area contributed by atoms with Gasteiger partial charge in [-0.3, -0.25) is 4.79 Å². The second-order valence-corrected chi connectivity index (χ2v) is 6.67. The Morgan fingerprint density at radius 3 is 3.04 bits per heavy atom. The quantitative estimate of drug-likeness (QED) is 0.510. The molecule has 23 heavy (non-hydrogen) atoms. The molecule has 2 aromatic heterocycles. The van der Waals surface area contributed by atoms with Crippen LogP contribution in [0, 0.1) is 10.5 Å². The molecule has 0 saturated heterocycles. The van der Waals surface area contributed by atoms with Gasteiger partial charge in [0.05, 0.1) is 5.69 Å². The lowest BCUT2D eigenvalue weighted by molar-refractivity contribution is 0.0953. The van der Waals surface area contributed by atoms with Crippen LogP contribution in [0.5, 0.6) is 0 Å². The van der Waals surface area contributed by atoms with Crippen molar-refractivity contribution in [1.29, 1.82) is 0 Å². The zero-order valence-corrected chi connectivity index (χ0v) is 14.9. The molecule has 118 valence electrons. The van der Waals surface area contributed by atoms with E-state index in [2.05, 4.69) is 38.0 Å². The average molecular weight is 420 g/mol. The number of rotatable bonds is 5. The number of carbonyl (C=O) groups excluding carboxylic acids is 1. The molecule has 2 heterocycles. The van der Waals surface area contributed by atoms with Gasteiger partial charge in [0.25, 0.3) is 5.91 Å². The van der Waals surface area contributed by atoms with Gasteiger partial charge in [-0.25, -0.2) is 9.50 Å². The van der Waals surface area contributed by atoms with Gasteiger partial charge in [-0.05, 0) is 66.1 Å². The number of benzene rings is 1. The Balaban J connectivity index is 1.51. The molecule has 5 nitrogen and oxygen atoms in total. The van der Waals surface area contributed by atoms with Gasteiger partial charge in [-0.1, -0.05) is 6.07 Å². The normalized spacial score (nSPS) is 10.9. The lowest BCUT2D eigenvalue weighted by Gasteiger charge is -2.06. The lowest BCUT2D eigenvalue weighted by Crippen LogP contribution is -2.24. The molecule has 0 aliphatic carbocycles. The van der Waals surface area contributed by atoms with Gasteiger partial charge in [0.2, 0.25) is 0 Å². The standard InChI is InChI=1S/C17H17IN4O/c1-12-8-16-20-10-13(11-22(16)21-12)4-3-7-19-17(23)14-5-2-6-15(18)9-14/h2,5-6,8-11H,3-4,7H2,1H3,(H,19,23). The van der Waals surface area contributed by atoms with E-state index in [1.165, 1.54) is 0 Å². The maximum atomic E-state index is 12.0. The number of aromatic nitrogens is 3. The van der Waals surface area contributed by atoms with E-state index in [4.69, 9.17) is 0 Å². The van der Waals surface area contributed by atoms with Gasteiger partial charge in [-0.2, -0.15) is 5.10 Å². The molecule has 3 aromatic rings. The molecule has 0 saturated carbocycles. The van der Waals surface area contributed by atoms with Gasteiger partial charge in [0.1, 0.15) is 0 Å². The van der Waals surface area contributed by atoms with Crippen LogP contribution in [0.4, 0.5) is 0 Å². The van der Waals surface area contributed by atoms with E-state index in [-0.39, 0.29) is 5.91 Å². The summed E-state index contributed by atoms with van der Waals surface area (Å²) in [6.45, 7) is 2.59. The van der Waals surface area contributed by atoms with E-state index in [0.29, 0.717) is 12.1 Å². The fraction of sp³-hybridized carbons (Fsp3) is 0.235. The first-order chi connectivity index (χ1) is 11.1. The third-order valence-corrected chi connectivity index (χ3v) is 4.17. The number of amides is 1. The number of halogens is 1. The summed E-state index contributed by atoms with van der Waals surface area (Å²) in [5.41, 5.74) is 3.63. The van der Waals surface area contributed by atoms with Gasteiger partial charge in [-0.15, -0.1) is 0 Å². The molecule has 0 fully saturated rings. The predicted octanol–water partition coefficient (Wildman–Crippen LogP) is 3.00. The van der Waals surface area contributed by atoms with E-state index in [1.807, 2.05) is 49.6 Å². The molecule has 0 radical (unpaired) electrons. The average Bonchev–Trinajstić information content (AvgIpc) is 2.90. The summed E-state index contributed by atoms with van der Waals surface area (Å²) in [5, 5.41) is 7.31. The molecule has 3 rings (SSSR count). The molecular weight excluding hydrogens is 403 g/mol. The predicted molar refractivity (Wildman–Crippen MR) is 97.5 cm³/mol. The number of fused-ring (bicyclic) bond motifs is 1. The fourth-order valence-electron chi connectivity index (χ4n) is 2.39. The SMILES string of the molecule is Cc1cc2ncc(CCCNC(=O)c3cccc(I)c3)cn2n1. The van der Waals surface area contributed by atoms with Crippen molar-refractivity contribution in [3.05, 3.63) is 63.1 Å². The van der Waals surface area contributed by atoms with Gasteiger partial charge >= 0.3 is 0 Å². The van der Waals surface area contributed by atoms with Crippen molar-refractivity contribution >= 4 is 34.1 Å². The molecule has 6 heteroatoms. The van der Waals surface area contributed by atoms with Gasteiger partial charge in [0, 0.05) is 34.1 Å². The summed E-state index contributed by atoms with van der Waals surface area (Å²) in [7, 11) is 0. The van der Waals surface area contributed by atoms with Gasteiger partial charge < -0.3 is 5.32 Å². The number of nitrogens with one attached hydrogen (secondary N) is 1. The van der Waals surface area contributed by atoms with Crippen LogP contribution in [0.25, 0.3) is 5.65 Å². The van der Waals surface area contributed by atoms with Crippen molar-refractivity contribution in [1.82, 2.24) is 19.9 Å². The Hall–Kier alpha value is -1.96. The third kappa shape index (κ3) is 4.07. The van der Waals surface area contributed by atoms with Crippen molar-refractivity contribution in [2.24, 2.45) is 0 Å². The van der Waals surface area contributed by atoms with Crippen LogP contribution in [0.2, 0.25) is 0 Å². The Morgan fingerprint density at radius 2 is 2.22 bits per heavy atom. The summed E-state index contributed by atoms with van der Waals surface area (Å²) < 4.78 is 2.86. The van der Waals surface area contributed by atoms with Gasteiger partial charge in [0.15, 0.2) is 5.65 Å². The zero-order valence-electron chi connectivity index (χ0n) is 12.8. The molecule has 1 amide bonds. The Bertz CT molecular complexity index is 843. The zero-order chi connectivity index (χ0) is 16.2. The molecule has 0 aliphatic rings. The Labute approximate surface area is 148 Å². The number of aryl methyl sites for hydroxylation is 2. The Morgan fingerprint density at radius 1 is 1.35 bits per heavy atom. The highest BCUT2D eigenvalue weighted by Gasteiger charge is 2.05. The van der Waals surface area contributed by atoms with E-state index in [0.717, 1.165) is 33.3 Å². The molecule has 0 atom stereocenters. The van der Waals surface area contributed by atoms with Crippen molar-refractivity contribution < 1.29 is 4.79 Å². The van der Waals surface area contributed by atoms with Crippen molar-refractivity contribution in [2.45, 2.75) is 19.8 Å². The van der Waals surface area contributed by atoms with Crippen LogP contribution in [0.3, 0.4) is 0 Å². The van der Waals surface area contributed by atoms with E-state index in [9.17, 15) is 4.79 Å². The smallest absolute Gasteiger partial charge is 0.251 e. The second-order valence-electron chi connectivity index (χ2n) is 5.42. The van der Waals surface area contributed by atoms with Crippen molar-refractivity contribution in [2.75, 3.05) is 6.54 Å². The van der Waals surface area contributed by atoms with Crippen LogP contribution in [-0.2, 0) is 6.42 Å². The minimum absolute atomic E-state index is 0.0280. The third-order valence-electron chi connectivity index (χ3n) is 3.50. The minimum atomic E-state index is -0.0280. The van der Waals surface area contributed by atoms with Crippen molar-refractivity contribution in [3.8, 4) is 0 Å². The summed E-state index contributed by atoms with van der Waals surface area (Å²) in [6.07, 6.45) is 5.59. The first kappa shape index (κ1) is 15.9. The molecular formula is C17H17IN4O. The molecule has 0 aliphatic heterocycles. The lowest BCUT2D eigenvalue weighted by atomic mass is 10.2. The van der Waals surface area contributed by atoms with Crippen LogP contribution >= 0.6 is 22.6 Å². The Kier molecular flexibility index (Phi) is 4.90. The second kappa shape index (κ2) is 7.08. The summed E-state index contributed by atoms with van der Waals surface area (Å²) in [4.78, 5) is 16.4. The van der Waals surface area contributed by atoms with Crippen LogP contribution < -0.4 is 5.32 Å². The van der Waals surface area contributed by atoms with Crippen LogP contribution in [-0.4, -0.2) is 27.0 Å². The van der Waals surface area contributed by atoms with E-state index in [1.54, 1.807) is 4.52 Å². The first-order valence-corrected chi connectivity index (χ1v) is 8.54. The van der Waals surface area contributed by atoms with E-state index < -0.39 is 0 Å². The minimum Gasteiger partial charge on any atom is -0.352 e. The molecule has 0 unspecified atom stereocenters. The number of nitrogens with zero attached hydrogens (tertiary/aromatic N) is 3. The number of hydrogen-bond acceptors (Lipinski definition) is 3. The highest BCUT2D eigenvalue weighted by atomic mass is 127. The highest BCUT2D eigenvalue weighted by Crippen LogP contribution is 2.08. The maximum absolute atomic E-state index is 12.0. The van der Waals surface area contributed by atoms with Crippen LogP contribution in [0.15, 0.2) is 42.7 Å². The highest BCUT2D eigenvalue weighted by molar-refractivity contribution is 14.1. The number of hydrogen-bond donors (Lipinski definition) is 1. The summed E-state index contributed by atoms with van der Waals surface area (Å²) in [5.74, 6) is -0.0280. The fourth-order valence-corrected chi connectivity index (χ4v) is 2.93. The molecule has 1 N–H and O–H groups in total. The topological polar surface area (TPSA) is 59.3 Å². The molecule has 0 spiro atoms. The van der Waals surface area contributed by atoms with Crippen LogP contribution in [0.1, 0.15) is 28.0 Å². The molecule has 0 bridgehead atoms. The summed E-state index contributed by atoms with van der Waals surface area (Å²) in [6, 6.07) is 9.52. The first-order valence-electron chi connectivity index (χ1n) is 7.46. The number of carbonyl (C=O) groups is 1. The monoisotopic (exact) mass is 420 g/mol. The van der Waals surface area contributed by atoms with E-state index >= 15 is 0 Å². The largest absolute Gasteiger partial charge is 0.352 e.